The van der Waals surface area contributed by atoms with Crippen molar-refractivity contribution in [2.75, 3.05) is 9.80 Å². The van der Waals surface area contributed by atoms with Crippen molar-refractivity contribution >= 4 is 44.8 Å². The van der Waals surface area contributed by atoms with Crippen molar-refractivity contribution in [3.63, 3.8) is 0 Å². The second-order valence-electron chi connectivity index (χ2n) is 14.7. The van der Waals surface area contributed by atoms with E-state index in [1.807, 2.05) is 0 Å². The molecule has 264 valence electrons. The maximum Gasteiger partial charge on any atom is 0.238 e. The Bertz CT molecular complexity index is 2160. The van der Waals surface area contributed by atoms with Gasteiger partial charge in [-0.3, -0.25) is 29.0 Å². The summed E-state index contributed by atoms with van der Waals surface area (Å²) in [6.45, 7) is 0. The number of carbonyl (C=O) groups is 4. The molecule has 0 N–H and O–H groups in total. The highest BCUT2D eigenvalue weighted by Gasteiger charge is 2.60. The second-order valence-corrected chi connectivity index (χ2v) is 16.6. The van der Waals surface area contributed by atoms with E-state index in [9.17, 15) is 27.6 Å². The topological polar surface area (TPSA) is 127 Å². The Kier molecular flexibility index (Phi) is 6.98. The lowest BCUT2D eigenvalue weighted by Crippen LogP contribution is -2.32. The highest BCUT2D eigenvalue weighted by Crippen LogP contribution is 2.54. The molecule has 4 amide bonds. The average molecular weight is 725 g/mol. The molecule has 0 spiro atoms. The summed E-state index contributed by atoms with van der Waals surface area (Å²) in [6, 6.07) is 25.6. The number of hydrogen-bond acceptors (Lipinski definition) is 8. The van der Waals surface area contributed by atoms with Gasteiger partial charge in [0, 0.05) is 0 Å². The molecule has 11 heteroatoms. The van der Waals surface area contributed by atoms with E-state index in [4.69, 9.17) is 9.47 Å². The number of nitrogens with zero attached hydrogens (tertiary/aromatic N) is 2. The Morgan fingerprint density at radius 1 is 0.415 bits per heavy atom. The number of ether oxygens (including phenoxy) is 2. The minimum absolute atomic E-state index is 0.0865. The molecule has 4 fully saturated rings. The number of hydrogen-bond donors (Lipinski definition) is 0. The van der Waals surface area contributed by atoms with Crippen molar-refractivity contribution < 1.29 is 37.1 Å². The van der Waals surface area contributed by atoms with Crippen LogP contribution in [0.3, 0.4) is 0 Å². The van der Waals surface area contributed by atoms with Crippen LogP contribution in [0.4, 0.5) is 11.4 Å². The van der Waals surface area contributed by atoms with E-state index in [2.05, 4.69) is 24.3 Å². The van der Waals surface area contributed by atoms with Crippen molar-refractivity contribution in [3.8, 4) is 23.0 Å². The molecule has 2 saturated heterocycles. The molecule has 0 radical (unpaired) electrons. The number of rotatable bonds is 8. The van der Waals surface area contributed by atoms with E-state index in [1.54, 1.807) is 72.8 Å². The summed E-state index contributed by atoms with van der Waals surface area (Å²) in [5.74, 6) is 0.706. The highest BCUT2D eigenvalue weighted by atomic mass is 32.2. The molecule has 4 aliphatic carbocycles. The van der Waals surface area contributed by atoms with Gasteiger partial charge in [-0.15, -0.1) is 0 Å². The van der Waals surface area contributed by atoms with E-state index in [-0.39, 0.29) is 80.8 Å². The van der Waals surface area contributed by atoms with Crippen molar-refractivity contribution in [1.29, 1.82) is 0 Å². The van der Waals surface area contributed by atoms with E-state index >= 15 is 0 Å². The van der Waals surface area contributed by atoms with E-state index in [0.29, 0.717) is 34.4 Å². The molecule has 2 saturated carbocycles. The van der Waals surface area contributed by atoms with Crippen molar-refractivity contribution in [2.45, 2.75) is 22.6 Å². The van der Waals surface area contributed by atoms with Crippen molar-refractivity contribution in [3.05, 3.63) is 121 Å². The predicted octanol–water partition coefficient (Wildman–Crippen LogP) is 6.73. The highest BCUT2D eigenvalue weighted by molar-refractivity contribution is 7.91. The first kappa shape index (κ1) is 31.9. The largest absolute Gasteiger partial charge is 0.457 e. The number of anilines is 2. The van der Waals surface area contributed by atoms with Gasteiger partial charge in [-0.25, -0.2) is 8.42 Å². The van der Waals surface area contributed by atoms with Gasteiger partial charge in [0.1, 0.15) is 23.0 Å². The van der Waals surface area contributed by atoms with Crippen LogP contribution in [0.25, 0.3) is 0 Å². The first-order valence-corrected chi connectivity index (χ1v) is 19.3. The van der Waals surface area contributed by atoms with Crippen LogP contribution >= 0.6 is 0 Å². The number of amides is 4. The number of sulfone groups is 1. The smallest absolute Gasteiger partial charge is 0.238 e. The van der Waals surface area contributed by atoms with Crippen LogP contribution in [0, 0.1) is 47.3 Å². The van der Waals surface area contributed by atoms with Crippen LogP contribution < -0.4 is 19.3 Å². The molecule has 10 nitrogen and oxygen atoms in total. The number of fused-ring (bicyclic) bond motifs is 10. The quantitative estimate of drug-likeness (QED) is 0.145. The minimum atomic E-state index is -3.85. The van der Waals surface area contributed by atoms with Crippen LogP contribution in [0.2, 0.25) is 0 Å². The fourth-order valence-corrected chi connectivity index (χ4v) is 10.7. The van der Waals surface area contributed by atoms with Gasteiger partial charge in [0.25, 0.3) is 0 Å². The Hall–Kier alpha value is -5.81. The van der Waals surface area contributed by atoms with Crippen molar-refractivity contribution in [1.82, 2.24) is 0 Å². The minimum Gasteiger partial charge on any atom is -0.457 e. The number of imide groups is 2. The molecule has 2 aliphatic heterocycles. The number of allylic oxidation sites excluding steroid dienone is 4. The van der Waals surface area contributed by atoms with E-state index in [0.717, 1.165) is 12.8 Å². The third kappa shape index (κ3) is 4.86. The molecule has 0 unspecified atom stereocenters. The maximum absolute atomic E-state index is 13.4. The molecule has 0 aromatic heterocycles. The summed E-state index contributed by atoms with van der Waals surface area (Å²) in [7, 11) is -3.85. The normalized spacial score (nSPS) is 29.1. The average Bonchev–Trinajstić information content (AvgIpc) is 4.03. The molecule has 10 rings (SSSR count). The van der Waals surface area contributed by atoms with Gasteiger partial charge >= 0.3 is 0 Å². The third-order valence-electron chi connectivity index (χ3n) is 11.9. The van der Waals surface area contributed by atoms with Gasteiger partial charge in [-0.2, -0.15) is 0 Å². The Balaban J connectivity index is 0.770. The summed E-state index contributed by atoms with van der Waals surface area (Å²) in [5, 5.41) is 0. The predicted molar refractivity (Wildman–Crippen MR) is 192 cm³/mol. The second kappa shape index (κ2) is 11.6. The fourth-order valence-electron chi connectivity index (χ4n) is 9.42. The molecule has 4 aromatic carbocycles. The third-order valence-corrected chi connectivity index (χ3v) is 13.7. The van der Waals surface area contributed by atoms with E-state index < -0.39 is 9.84 Å². The molecule has 4 bridgehead atoms. The van der Waals surface area contributed by atoms with Gasteiger partial charge in [0.2, 0.25) is 33.5 Å². The zero-order valence-corrected chi connectivity index (χ0v) is 29.0. The zero-order chi connectivity index (χ0) is 36.2. The molecular weight excluding hydrogens is 693 g/mol. The van der Waals surface area contributed by atoms with Crippen LogP contribution in [0.15, 0.2) is 131 Å². The van der Waals surface area contributed by atoms with Crippen LogP contribution in [0.1, 0.15) is 12.8 Å². The summed E-state index contributed by atoms with van der Waals surface area (Å²) in [4.78, 5) is 55.3. The van der Waals surface area contributed by atoms with Crippen LogP contribution in [-0.2, 0) is 29.0 Å². The van der Waals surface area contributed by atoms with Crippen LogP contribution in [-0.4, -0.2) is 32.0 Å². The van der Waals surface area contributed by atoms with Gasteiger partial charge in [-0.05, 0) is 134 Å². The molecular formula is C42H32N2O8S. The van der Waals surface area contributed by atoms with Gasteiger partial charge < -0.3 is 9.47 Å². The molecule has 2 heterocycles. The molecule has 53 heavy (non-hydrogen) atoms. The SMILES string of the molecule is O=C1[C@@H]2[C@H](C(=O)N1c1ccc(Oc3ccc(S(=O)(=O)c4ccc(Oc5ccc(N6C(=O)[C@@H]7[C@H](C6=O)[C@H]6C=C[C@@H]7C6)cc5)cc4)cc3)cc1)[C@H]1C=C[C@@H]2C1. The molecule has 6 aliphatic rings. The Labute approximate surface area is 305 Å². The lowest BCUT2D eigenvalue weighted by molar-refractivity contribution is -0.124. The summed E-state index contributed by atoms with van der Waals surface area (Å²) in [5.41, 5.74) is 1.02. The first-order valence-electron chi connectivity index (χ1n) is 17.8. The summed E-state index contributed by atoms with van der Waals surface area (Å²) >= 11 is 0. The Morgan fingerprint density at radius 2 is 0.679 bits per heavy atom. The maximum atomic E-state index is 13.4. The summed E-state index contributed by atoms with van der Waals surface area (Å²) < 4.78 is 38.7. The van der Waals surface area contributed by atoms with Gasteiger partial charge in [0.05, 0.1) is 44.8 Å². The lowest BCUT2D eigenvalue weighted by atomic mass is 9.85. The first-order chi connectivity index (χ1) is 25.7. The van der Waals surface area contributed by atoms with Gasteiger partial charge in [0.15, 0.2) is 0 Å². The lowest BCUT2D eigenvalue weighted by Gasteiger charge is -2.17. The van der Waals surface area contributed by atoms with Gasteiger partial charge in [-0.1, -0.05) is 24.3 Å². The molecule has 4 aromatic rings. The standard InChI is InChI=1S/C42H32N2O8S/c45-39-35-23-1-2-24(21-23)36(35)40(46)43(39)27-5-9-29(10-6-27)51-31-13-17-33(18-14-31)53(49,50)34-19-15-32(16-20-34)52-30-11-7-28(8-12-30)44-41(47)37-25-3-4-26(22-25)38(37)42(44)48/h1-20,23-26,35-38H,21-22H2/t23-,24+,25-,26+,35+,36-,37+,38-. The number of benzene rings is 4. The summed E-state index contributed by atoms with van der Waals surface area (Å²) in [6.07, 6.45) is 10.0. The Morgan fingerprint density at radius 3 is 0.962 bits per heavy atom. The fraction of sp³-hybridized carbons (Fsp3) is 0.238. The zero-order valence-electron chi connectivity index (χ0n) is 28.1. The number of carbonyl (C=O) groups excluding carboxylic acids is 4. The molecule has 8 atom stereocenters. The monoisotopic (exact) mass is 724 g/mol. The van der Waals surface area contributed by atoms with Crippen LogP contribution in [0.5, 0.6) is 23.0 Å². The van der Waals surface area contributed by atoms with Crippen molar-refractivity contribution in [2.24, 2.45) is 47.3 Å². The van der Waals surface area contributed by atoms with E-state index in [1.165, 1.54) is 34.1 Å².